The third-order valence-corrected chi connectivity index (χ3v) is 16.2. The van der Waals surface area contributed by atoms with Crippen LogP contribution in [-0.2, 0) is 14.3 Å². The first-order chi connectivity index (χ1) is 38.0. The van der Waals surface area contributed by atoms with Crippen molar-refractivity contribution < 1.29 is 24.5 Å². The molecule has 0 spiro atoms. The van der Waals surface area contributed by atoms with Gasteiger partial charge in [-0.15, -0.1) is 0 Å². The van der Waals surface area contributed by atoms with Gasteiger partial charge in [-0.1, -0.05) is 320 Å². The quantitative estimate of drug-likeness (QED) is 0.0320. The van der Waals surface area contributed by atoms with Gasteiger partial charge in [0.15, 0.2) is 0 Å². The molecular formula is C71H135NO5. The molecule has 0 aliphatic heterocycles. The Balaban J connectivity index is 3.33. The standard InChI is InChI=1S/C71H135NO5/c1-3-5-7-9-11-13-15-16-17-18-32-36-39-42-45-49-53-57-61-65-71(76)77-66-62-58-54-50-46-43-40-37-34-31-29-27-25-23-21-19-20-22-24-26-28-30-33-35-38-41-44-48-52-56-60-64-70(75)72-68(67-73)69(74)63-59-55-51-47-14-12-10-8-6-4-2/h11,13,16-17,21,23,68-69,73-74H,3-10,12,14-15,18-20,22,24-67H2,1-2H3,(H,72,75)/b13-11-,17-16-,23-21-. The van der Waals surface area contributed by atoms with E-state index in [1.54, 1.807) is 0 Å². The van der Waals surface area contributed by atoms with E-state index < -0.39 is 12.1 Å². The van der Waals surface area contributed by atoms with Crippen LogP contribution >= 0.6 is 0 Å². The fraction of sp³-hybridized carbons (Fsp3) is 0.887. The van der Waals surface area contributed by atoms with Gasteiger partial charge >= 0.3 is 5.97 Å². The van der Waals surface area contributed by atoms with E-state index >= 15 is 0 Å². The molecule has 1 amide bonds. The van der Waals surface area contributed by atoms with Crippen LogP contribution in [0.2, 0.25) is 0 Å². The molecule has 0 aromatic carbocycles. The van der Waals surface area contributed by atoms with Gasteiger partial charge in [0.05, 0.1) is 25.4 Å². The Hall–Kier alpha value is -1.92. The van der Waals surface area contributed by atoms with Crippen molar-refractivity contribution in [1.29, 1.82) is 0 Å². The van der Waals surface area contributed by atoms with Gasteiger partial charge in [-0.05, 0) is 83.5 Å². The molecular weight excluding hydrogens is 947 g/mol. The fourth-order valence-corrected chi connectivity index (χ4v) is 10.8. The number of carbonyl (C=O) groups excluding carboxylic acids is 2. The van der Waals surface area contributed by atoms with E-state index in [2.05, 4.69) is 55.6 Å². The number of hydrogen-bond donors (Lipinski definition) is 3. The van der Waals surface area contributed by atoms with Gasteiger partial charge < -0.3 is 20.3 Å². The van der Waals surface area contributed by atoms with Crippen molar-refractivity contribution in [2.24, 2.45) is 0 Å². The molecule has 0 rings (SSSR count). The summed E-state index contributed by atoms with van der Waals surface area (Å²) in [5.74, 6) is -0.0191. The second kappa shape index (κ2) is 66.6. The number of nitrogens with one attached hydrogen (secondary N) is 1. The minimum atomic E-state index is -0.661. The van der Waals surface area contributed by atoms with Gasteiger partial charge in [-0.3, -0.25) is 9.59 Å². The third kappa shape index (κ3) is 63.1. The largest absolute Gasteiger partial charge is 0.466 e. The van der Waals surface area contributed by atoms with Gasteiger partial charge in [0.25, 0.3) is 0 Å². The lowest BCUT2D eigenvalue weighted by Crippen LogP contribution is -2.45. The van der Waals surface area contributed by atoms with Crippen molar-refractivity contribution >= 4 is 11.9 Å². The number of unbranched alkanes of at least 4 members (excludes halogenated alkanes) is 48. The van der Waals surface area contributed by atoms with Crippen LogP contribution in [0.3, 0.4) is 0 Å². The van der Waals surface area contributed by atoms with Crippen molar-refractivity contribution in [3.63, 3.8) is 0 Å². The highest BCUT2D eigenvalue weighted by Crippen LogP contribution is 2.18. The number of amides is 1. The maximum absolute atomic E-state index is 12.4. The van der Waals surface area contributed by atoms with Gasteiger partial charge in [0.2, 0.25) is 5.91 Å². The number of carbonyl (C=O) groups is 2. The first-order valence-electron chi connectivity index (χ1n) is 34.7. The van der Waals surface area contributed by atoms with Crippen LogP contribution < -0.4 is 5.32 Å². The monoisotopic (exact) mass is 1080 g/mol. The van der Waals surface area contributed by atoms with Crippen molar-refractivity contribution in [2.45, 2.75) is 392 Å². The average molecular weight is 1080 g/mol. The minimum Gasteiger partial charge on any atom is -0.466 e. The summed E-state index contributed by atoms with van der Waals surface area (Å²) in [6.45, 7) is 4.94. The smallest absolute Gasteiger partial charge is 0.305 e. The van der Waals surface area contributed by atoms with Crippen molar-refractivity contribution in [3.05, 3.63) is 36.5 Å². The van der Waals surface area contributed by atoms with Gasteiger partial charge in [-0.2, -0.15) is 0 Å². The number of allylic oxidation sites excluding steroid dienone is 6. The van der Waals surface area contributed by atoms with E-state index in [0.717, 1.165) is 51.4 Å². The topological polar surface area (TPSA) is 95.9 Å². The number of aliphatic hydroxyl groups is 2. The van der Waals surface area contributed by atoms with Crippen molar-refractivity contribution in [1.82, 2.24) is 5.32 Å². The Morgan fingerprint density at radius 1 is 0.364 bits per heavy atom. The molecule has 2 atom stereocenters. The summed E-state index contributed by atoms with van der Waals surface area (Å²) in [5.41, 5.74) is 0. The first kappa shape index (κ1) is 75.1. The van der Waals surface area contributed by atoms with Crippen LogP contribution in [0, 0.1) is 0 Å². The van der Waals surface area contributed by atoms with E-state index in [4.69, 9.17) is 4.74 Å². The van der Waals surface area contributed by atoms with Crippen molar-refractivity contribution in [3.8, 4) is 0 Å². The molecule has 0 aliphatic carbocycles. The lowest BCUT2D eigenvalue weighted by molar-refractivity contribution is -0.143. The zero-order valence-electron chi connectivity index (χ0n) is 52.0. The molecule has 0 saturated carbocycles. The lowest BCUT2D eigenvalue weighted by Gasteiger charge is -2.22. The lowest BCUT2D eigenvalue weighted by atomic mass is 10.0. The van der Waals surface area contributed by atoms with E-state index in [0.29, 0.717) is 25.9 Å². The molecule has 454 valence electrons. The summed E-state index contributed by atoms with van der Waals surface area (Å²) in [5, 5.41) is 23.2. The Labute approximate surface area is 481 Å². The average Bonchev–Trinajstić information content (AvgIpc) is 3.43. The van der Waals surface area contributed by atoms with Crippen LogP contribution in [0.5, 0.6) is 0 Å². The zero-order chi connectivity index (χ0) is 55.7. The van der Waals surface area contributed by atoms with Gasteiger partial charge in [0, 0.05) is 12.8 Å². The molecule has 0 saturated heterocycles. The van der Waals surface area contributed by atoms with E-state index in [1.165, 1.54) is 295 Å². The SMILES string of the molecule is CCCCC/C=C\C/C=C\CCCCCCCCCCCC(=O)OCCCCCCCCCCCCCC/C=C\CCCCCCCCCCCCCCCCCC(=O)NC(CO)C(O)CCCCCCCCCCCC. The number of rotatable bonds is 65. The van der Waals surface area contributed by atoms with Crippen molar-refractivity contribution in [2.75, 3.05) is 13.2 Å². The summed E-state index contributed by atoms with van der Waals surface area (Å²) in [6, 6.07) is -0.538. The Bertz CT molecular complexity index is 1250. The number of aliphatic hydroxyl groups excluding tert-OH is 2. The molecule has 0 aliphatic rings. The molecule has 6 heteroatoms. The highest BCUT2D eigenvalue weighted by molar-refractivity contribution is 5.76. The maximum Gasteiger partial charge on any atom is 0.305 e. The van der Waals surface area contributed by atoms with E-state index in [-0.39, 0.29) is 18.5 Å². The van der Waals surface area contributed by atoms with Crippen LogP contribution in [-0.4, -0.2) is 47.4 Å². The maximum atomic E-state index is 12.4. The molecule has 3 N–H and O–H groups in total. The molecule has 0 aromatic heterocycles. The molecule has 0 fully saturated rings. The Morgan fingerprint density at radius 3 is 1.03 bits per heavy atom. The number of ether oxygens (including phenoxy) is 1. The highest BCUT2D eigenvalue weighted by Gasteiger charge is 2.20. The minimum absolute atomic E-state index is 0.0141. The van der Waals surface area contributed by atoms with Crippen LogP contribution in [0.1, 0.15) is 380 Å². The summed E-state index contributed by atoms with van der Waals surface area (Å²) in [7, 11) is 0. The number of hydrogen-bond acceptors (Lipinski definition) is 5. The van der Waals surface area contributed by atoms with Crippen LogP contribution in [0.25, 0.3) is 0 Å². The summed E-state index contributed by atoms with van der Waals surface area (Å²) < 4.78 is 5.51. The fourth-order valence-electron chi connectivity index (χ4n) is 10.8. The third-order valence-electron chi connectivity index (χ3n) is 16.2. The highest BCUT2D eigenvalue weighted by atomic mass is 16.5. The predicted molar refractivity (Wildman–Crippen MR) is 338 cm³/mol. The van der Waals surface area contributed by atoms with E-state index in [1.807, 2.05) is 0 Å². The molecule has 0 aromatic rings. The Kier molecular flexibility index (Phi) is 64.9. The molecule has 0 bridgehead atoms. The molecule has 2 unspecified atom stereocenters. The summed E-state index contributed by atoms with van der Waals surface area (Å²) >= 11 is 0. The zero-order valence-corrected chi connectivity index (χ0v) is 52.0. The molecule has 0 heterocycles. The van der Waals surface area contributed by atoms with E-state index in [9.17, 15) is 19.8 Å². The Morgan fingerprint density at radius 2 is 0.649 bits per heavy atom. The predicted octanol–water partition coefficient (Wildman–Crippen LogP) is 22.3. The van der Waals surface area contributed by atoms with Gasteiger partial charge in [-0.25, -0.2) is 0 Å². The first-order valence-corrected chi connectivity index (χ1v) is 34.7. The molecule has 6 nitrogen and oxygen atoms in total. The normalized spacial score (nSPS) is 12.7. The van der Waals surface area contributed by atoms with Crippen LogP contribution in [0.15, 0.2) is 36.5 Å². The second-order valence-corrected chi connectivity index (χ2v) is 23.9. The second-order valence-electron chi connectivity index (χ2n) is 23.9. The summed E-state index contributed by atoms with van der Waals surface area (Å²) in [4.78, 5) is 24.6. The number of esters is 1. The summed E-state index contributed by atoms with van der Waals surface area (Å²) in [6.07, 6.45) is 84.9. The van der Waals surface area contributed by atoms with Crippen LogP contribution in [0.4, 0.5) is 0 Å². The molecule has 77 heavy (non-hydrogen) atoms. The molecule has 0 radical (unpaired) electrons. The van der Waals surface area contributed by atoms with Gasteiger partial charge in [0.1, 0.15) is 0 Å².